The second-order valence-corrected chi connectivity index (χ2v) is 6.87. The Morgan fingerprint density at radius 2 is 1.88 bits per heavy atom. The van der Waals surface area contributed by atoms with Crippen molar-refractivity contribution >= 4 is 17.2 Å². The Morgan fingerprint density at radius 3 is 2.62 bits per heavy atom. The zero-order valence-electron chi connectivity index (χ0n) is 13.4. The van der Waals surface area contributed by atoms with E-state index in [0.29, 0.717) is 12.1 Å². The quantitative estimate of drug-likeness (QED) is 0.737. The number of amides is 1. The molecule has 3 nitrogen and oxygen atoms in total. The van der Waals surface area contributed by atoms with Crippen LogP contribution in [0.25, 0.3) is 0 Å². The van der Waals surface area contributed by atoms with Crippen molar-refractivity contribution in [3.63, 3.8) is 0 Å². The fourth-order valence-electron chi connectivity index (χ4n) is 2.49. The molecule has 0 spiro atoms. The first-order valence-electron chi connectivity index (χ1n) is 7.80. The van der Waals surface area contributed by atoms with E-state index < -0.39 is 6.10 Å². The topological polar surface area (TPSA) is 49.3 Å². The molecular formula is C20H19NO2S. The summed E-state index contributed by atoms with van der Waals surface area (Å²) in [6.07, 6.45) is -0.627. The lowest BCUT2D eigenvalue weighted by molar-refractivity contribution is 0.0951. The molecule has 0 aliphatic heterocycles. The van der Waals surface area contributed by atoms with Crippen LogP contribution in [0.5, 0.6) is 0 Å². The van der Waals surface area contributed by atoms with E-state index >= 15 is 0 Å². The summed E-state index contributed by atoms with van der Waals surface area (Å²) < 4.78 is 0. The molecule has 1 atom stereocenters. The molecule has 1 unspecified atom stereocenters. The van der Waals surface area contributed by atoms with Gasteiger partial charge in [0.25, 0.3) is 5.91 Å². The average molecular weight is 337 g/mol. The van der Waals surface area contributed by atoms with Crippen LogP contribution in [0.3, 0.4) is 0 Å². The summed E-state index contributed by atoms with van der Waals surface area (Å²) in [7, 11) is 0. The van der Waals surface area contributed by atoms with Gasteiger partial charge in [-0.15, -0.1) is 11.3 Å². The molecule has 0 aliphatic carbocycles. The van der Waals surface area contributed by atoms with Gasteiger partial charge in [0, 0.05) is 15.3 Å². The lowest BCUT2D eigenvalue weighted by Gasteiger charge is -2.08. The van der Waals surface area contributed by atoms with Crippen molar-refractivity contribution in [3.8, 4) is 0 Å². The van der Waals surface area contributed by atoms with Crippen LogP contribution in [0, 0.1) is 6.92 Å². The molecule has 1 amide bonds. The summed E-state index contributed by atoms with van der Waals surface area (Å²) in [5, 5.41) is 13.3. The zero-order chi connectivity index (χ0) is 16.9. The first kappa shape index (κ1) is 16.4. The molecule has 2 aromatic carbocycles. The SMILES string of the molecule is Cc1cccc(C(=O)NCc2ccc(C(O)c3ccccc3)s2)c1. The Balaban J connectivity index is 1.63. The molecule has 3 rings (SSSR count). The molecule has 2 N–H and O–H groups in total. The fourth-order valence-corrected chi connectivity index (χ4v) is 3.46. The predicted octanol–water partition coefficient (Wildman–Crippen LogP) is 4.07. The van der Waals surface area contributed by atoms with Crippen LogP contribution < -0.4 is 5.32 Å². The van der Waals surface area contributed by atoms with E-state index in [9.17, 15) is 9.90 Å². The number of benzene rings is 2. The van der Waals surface area contributed by atoms with E-state index in [1.165, 1.54) is 11.3 Å². The number of aryl methyl sites for hydroxylation is 1. The molecule has 24 heavy (non-hydrogen) atoms. The molecule has 0 aliphatic rings. The summed E-state index contributed by atoms with van der Waals surface area (Å²) in [5.41, 5.74) is 2.60. The van der Waals surface area contributed by atoms with E-state index in [4.69, 9.17) is 0 Å². The summed E-state index contributed by atoms with van der Waals surface area (Å²) in [6.45, 7) is 2.42. The number of thiophene rings is 1. The first-order chi connectivity index (χ1) is 11.6. The molecule has 3 aromatic rings. The number of aliphatic hydroxyl groups is 1. The van der Waals surface area contributed by atoms with E-state index in [2.05, 4.69) is 5.32 Å². The van der Waals surface area contributed by atoms with Gasteiger partial charge in [0.15, 0.2) is 0 Å². The maximum absolute atomic E-state index is 12.2. The van der Waals surface area contributed by atoms with Gasteiger partial charge in [-0.25, -0.2) is 0 Å². The second-order valence-electron chi connectivity index (χ2n) is 5.67. The average Bonchev–Trinajstić information content (AvgIpc) is 3.09. The van der Waals surface area contributed by atoms with Crippen LogP contribution in [0.1, 0.15) is 37.3 Å². The monoisotopic (exact) mass is 337 g/mol. The largest absolute Gasteiger partial charge is 0.383 e. The predicted molar refractivity (Wildman–Crippen MR) is 97.2 cm³/mol. The number of hydrogen-bond donors (Lipinski definition) is 2. The third-order valence-electron chi connectivity index (χ3n) is 3.77. The summed E-state index contributed by atoms with van der Waals surface area (Å²) >= 11 is 1.51. The summed E-state index contributed by atoms with van der Waals surface area (Å²) in [5.74, 6) is -0.0859. The molecule has 0 radical (unpaired) electrons. The van der Waals surface area contributed by atoms with Crippen LogP contribution in [0.4, 0.5) is 0 Å². The molecule has 0 saturated carbocycles. The molecule has 4 heteroatoms. The number of hydrogen-bond acceptors (Lipinski definition) is 3. The van der Waals surface area contributed by atoms with Crippen LogP contribution in [0.15, 0.2) is 66.7 Å². The van der Waals surface area contributed by atoms with Crippen LogP contribution in [0.2, 0.25) is 0 Å². The fraction of sp³-hybridized carbons (Fsp3) is 0.150. The number of aliphatic hydroxyl groups excluding tert-OH is 1. The van der Waals surface area contributed by atoms with Crippen molar-refractivity contribution in [3.05, 3.63) is 93.2 Å². The first-order valence-corrected chi connectivity index (χ1v) is 8.61. The van der Waals surface area contributed by atoms with Gasteiger partial charge in [-0.1, -0.05) is 48.0 Å². The number of rotatable bonds is 5. The Bertz CT molecular complexity index is 826. The highest BCUT2D eigenvalue weighted by Crippen LogP contribution is 2.28. The maximum atomic E-state index is 12.2. The summed E-state index contributed by atoms with van der Waals surface area (Å²) in [6, 6.07) is 20.9. The molecular weight excluding hydrogens is 318 g/mol. The highest BCUT2D eigenvalue weighted by Gasteiger charge is 2.13. The zero-order valence-corrected chi connectivity index (χ0v) is 14.2. The Labute approximate surface area is 145 Å². The third-order valence-corrected chi connectivity index (χ3v) is 4.91. The maximum Gasteiger partial charge on any atom is 0.251 e. The number of nitrogens with one attached hydrogen (secondary N) is 1. The third kappa shape index (κ3) is 3.91. The Kier molecular flexibility index (Phi) is 5.08. The van der Waals surface area contributed by atoms with Crippen molar-refractivity contribution in [1.82, 2.24) is 5.32 Å². The molecule has 122 valence electrons. The molecule has 0 bridgehead atoms. The second kappa shape index (κ2) is 7.43. The van der Waals surface area contributed by atoms with Gasteiger partial charge in [0.1, 0.15) is 6.10 Å². The lowest BCUT2D eigenvalue weighted by atomic mass is 10.1. The van der Waals surface area contributed by atoms with E-state index in [1.54, 1.807) is 6.07 Å². The van der Waals surface area contributed by atoms with Gasteiger partial charge in [-0.3, -0.25) is 4.79 Å². The minimum absolute atomic E-state index is 0.0859. The van der Waals surface area contributed by atoms with Gasteiger partial charge in [0.05, 0.1) is 6.54 Å². The van der Waals surface area contributed by atoms with Gasteiger partial charge in [-0.05, 0) is 36.8 Å². The van der Waals surface area contributed by atoms with Gasteiger partial charge < -0.3 is 10.4 Å². The minimum atomic E-state index is -0.627. The van der Waals surface area contributed by atoms with Crippen molar-refractivity contribution in [2.24, 2.45) is 0 Å². The Morgan fingerprint density at radius 1 is 1.08 bits per heavy atom. The number of carbonyl (C=O) groups is 1. The van der Waals surface area contributed by atoms with Gasteiger partial charge >= 0.3 is 0 Å². The van der Waals surface area contributed by atoms with E-state index in [0.717, 1.165) is 20.9 Å². The van der Waals surface area contributed by atoms with Crippen LogP contribution in [-0.2, 0) is 6.54 Å². The van der Waals surface area contributed by atoms with Crippen LogP contribution >= 0.6 is 11.3 Å². The number of carbonyl (C=O) groups excluding carboxylic acids is 1. The van der Waals surface area contributed by atoms with E-state index in [1.807, 2.05) is 67.6 Å². The molecule has 1 aromatic heterocycles. The molecule has 0 fully saturated rings. The van der Waals surface area contributed by atoms with Crippen molar-refractivity contribution in [2.45, 2.75) is 19.6 Å². The standard InChI is InChI=1S/C20H19NO2S/c1-14-6-5-9-16(12-14)20(23)21-13-17-10-11-18(24-17)19(22)15-7-3-2-4-8-15/h2-12,19,22H,13H2,1H3,(H,21,23). The van der Waals surface area contributed by atoms with Crippen molar-refractivity contribution in [1.29, 1.82) is 0 Å². The Hall–Kier alpha value is -2.43. The molecule has 0 saturated heterocycles. The summed E-state index contributed by atoms with van der Waals surface area (Å²) in [4.78, 5) is 14.1. The van der Waals surface area contributed by atoms with Gasteiger partial charge in [-0.2, -0.15) is 0 Å². The highest BCUT2D eigenvalue weighted by molar-refractivity contribution is 7.12. The normalized spacial score (nSPS) is 11.9. The smallest absolute Gasteiger partial charge is 0.251 e. The highest BCUT2D eigenvalue weighted by atomic mass is 32.1. The molecule has 1 heterocycles. The lowest BCUT2D eigenvalue weighted by Crippen LogP contribution is -2.22. The minimum Gasteiger partial charge on any atom is -0.383 e. The van der Waals surface area contributed by atoms with E-state index in [-0.39, 0.29) is 5.91 Å². The van der Waals surface area contributed by atoms with Gasteiger partial charge in [0.2, 0.25) is 0 Å². The van der Waals surface area contributed by atoms with Crippen molar-refractivity contribution < 1.29 is 9.90 Å². The van der Waals surface area contributed by atoms with Crippen molar-refractivity contribution in [2.75, 3.05) is 0 Å². The van der Waals surface area contributed by atoms with Crippen LogP contribution in [-0.4, -0.2) is 11.0 Å².